The van der Waals surface area contributed by atoms with Crippen LogP contribution in [0.3, 0.4) is 0 Å². The number of pyridine rings is 1. The summed E-state index contributed by atoms with van der Waals surface area (Å²) in [6.45, 7) is 4.26. The Bertz CT molecular complexity index is 1420. The minimum atomic E-state index is -1.09. The predicted octanol–water partition coefficient (Wildman–Crippen LogP) is 4.79. The van der Waals surface area contributed by atoms with E-state index in [4.69, 9.17) is 16.3 Å². The van der Waals surface area contributed by atoms with Crippen molar-refractivity contribution in [1.82, 2.24) is 9.88 Å². The van der Waals surface area contributed by atoms with Crippen LogP contribution >= 0.6 is 11.6 Å². The highest BCUT2D eigenvalue weighted by Crippen LogP contribution is 2.35. The number of hydrogen-bond acceptors (Lipinski definition) is 5. The molecular formula is C28H30ClN3O6. The lowest BCUT2D eigenvalue weighted by atomic mass is 10.0. The van der Waals surface area contributed by atoms with E-state index in [9.17, 15) is 24.6 Å². The molecule has 4 N–H and O–H groups in total. The summed E-state index contributed by atoms with van der Waals surface area (Å²) >= 11 is 6.47. The van der Waals surface area contributed by atoms with E-state index in [-0.39, 0.29) is 24.4 Å². The van der Waals surface area contributed by atoms with Crippen LogP contribution in [-0.4, -0.2) is 33.4 Å². The number of carbonyl (C=O) groups is 2. The van der Waals surface area contributed by atoms with Gasteiger partial charge in [0, 0.05) is 21.8 Å². The number of fused-ring (bicyclic) bond motifs is 1. The molecule has 1 aliphatic carbocycles. The van der Waals surface area contributed by atoms with E-state index in [0.717, 1.165) is 12.0 Å². The number of carboxylic acids is 1. The maximum absolute atomic E-state index is 13.6. The monoisotopic (exact) mass is 539 g/mol. The second-order valence-corrected chi connectivity index (χ2v) is 9.61. The Morgan fingerprint density at radius 1 is 1.16 bits per heavy atom. The van der Waals surface area contributed by atoms with Crippen LogP contribution in [0.15, 0.2) is 47.3 Å². The van der Waals surface area contributed by atoms with Gasteiger partial charge >= 0.3 is 12.0 Å². The number of amides is 2. The Labute approximate surface area is 225 Å². The Morgan fingerprint density at radius 2 is 1.89 bits per heavy atom. The fraction of sp³-hybridized carbons (Fsp3) is 0.321. The molecule has 200 valence electrons. The number of ether oxygens (including phenoxy) is 1. The number of nitrogens with zero attached hydrogens (tertiary/aromatic N) is 1. The van der Waals surface area contributed by atoms with E-state index < -0.39 is 23.6 Å². The Hall–Kier alpha value is -3.98. The van der Waals surface area contributed by atoms with E-state index >= 15 is 0 Å². The lowest BCUT2D eigenvalue weighted by Crippen LogP contribution is -2.37. The number of hydrogen-bond donors (Lipinski definition) is 4. The van der Waals surface area contributed by atoms with Gasteiger partial charge in [0.25, 0.3) is 5.56 Å². The van der Waals surface area contributed by atoms with Crippen LogP contribution in [0.4, 0.5) is 10.5 Å². The van der Waals surface area contributed by atoms with Gasteiger partial charge in [-0.2, -0.15) is 0 Å². The van der Waals surface area contributed by atoms with E-state index in [1.807, 2.05) is 26.0 Å². The molecule has 0 bridgehead atoms. The topological polar surface area (TPSA) is 130 Å². The van der Waals surface area contributed by atoms with Crippen LogP contribution in [0, 0.1) is 6.92 Å². The third-order valence-electron chi connectivity index (χ3n) is 6.59. The van der Waals surface area contributed by atoms with Crippen molar-refractivity contribution in [3.63, 3.8) is 0 Å². The van der Waals surface area contributed by atoms with Gasteiger partial charge < -0.3 is 30.2 Å². The molecule has 4 rings (SSSR count). The highest BCUT2D eigenvalue weighted by atomic mass is 35.5. The van der Waals surface area contributed by atoms with Crippen molar-refractivity contribution in [2.45, 2.75) is 52.1 Å². The molecule has 3 aromatic rings. The van der Waals surface area contributed by atoms with Crippen molar-refractivity contribution in [3.05, 3.63) is 85.8 Å². The molecule has 0 aliphatic heterocycles. The number of carbonyl (C=O) groups excluding carboxylic acids is 1. The molecule has 2 aromatic carbocycles. The van der Waals surface area contributed by atoms with Crippen LogP contribution in [0.5, 0.6) is 11.5 Å². The lowest BCUT2D eigenvalue weighted by molar-refractivity contribution is -0.137. The van der Waals surface area contributed by atoms with Gasteiger partial charge in [0.15, 0.2) is 5.69 Å². The largest absolute Gasteiger partial charge is 0.505 e. The van der Waals surface area contributed by atoms with Gasteiger partial charge in [-0.05, 0) is 50.8 Å². The van der Waals surface area contributed by atoms with Crippen molar-refractivity contribution in [3.8, 4) is 11.5 Å². The first kappa shape index (κ1) is 27.1. The third-order valence-corrected chi connectivity index (χ3v) is 6.94. The first-order valence-corrected chi connectivity index (χ1v) is 12.8. The molecule has 1 heterocycles. The maximum atomic E-state index is 13.6. The van der Waals surface area contributed by atoms with E-state index in [1.165, 1.54) is 4.57 Å². The maximum Gasteiger partial charge on any atom is 0.319 e. The number of nitrogens with one attached hydrogen (secondary N) is 2. The molecule has 0 saturated carbocycles. The zero-order chi connectivity index (χ0) is 27.4. The molecule has 10 heteroatoms. The fourth-order valence-electron chi connectivity index (χ4n) is 4.74. The van der Waals surface area contributed by atoms with Gasteiger partial charge in [0.1, 0.15) is 11.5 Å². The molecule has 0 unspecified atom stereocenters. The number of aromatic hydroxyl groups is 1. The molecule has 0 spiro atoms. The number of halogens is 1. The first-order chi connectivity index (χ1) is 18.2. The van der Waals surface area contributed by atoms with E-state index in [0.29, 0.717) is 52.6 Å². The van der Waals surface area contributed by atoms with Crippen molar-refractivity contribution in [2.75, 3.05) is 11.9 Å². The smallest absolute Gasteiger partial charge is 0.319 e. The normalized spacial score (nSPS) is 13.0. The van der Waals surface area contributed by atoms with Crippen LogP contribution in [-0.2, 0) is 24.2 Å². The van der Waals surface area contributed by atoms with E-state index in [1.54, 1.807) is 30.3 Å². The SMILES string of the molecule is CCOc1cccc(Cl)c1Cn1c2c(c(O)c(NC(=O)N[C@@H](CC(=O)O)c3ccc(C)cc3)c1=O)CCC2. The average molecular weight is 540 g/mol. The zero-order valence-electron chi connectivity index (χ0n) is 21.2. The summed E-state index contributed by atoms with van der Waals surface area (Å²) < 4.78 is 7.23. The standard InChI is InChI=1S/C28H30ClN3O6/c1-3-38-23-9-5-7-20(29)19(23)15-32-22-8-4-6-18(22)26(35)25(27(32)36)31-28(37)30-21(14-24(33)34)17-12-10-16(2)11-13-17/h5,7,9-13,21,35H,3-4,6,8,14-15H2,1-2H3,(H,33,34)(H2,30,31,37)/t21-/m0/s1. The minimum Gasteiger partial charge on any atom is -0.505 e. The number of urea groups is 1. The van der Waals surface area contributed by atoms with Crippen molar-refractivity contribution in [1.29, 1.82) is 0 Å². The first-order valence-electron chi connectivity index (χ1n) is 12.4. The second-order valence-electron chi connectivity index (χ2n) is 9.20. The van der Waals surface area contributed by atoms with Gasteiger partial charge in [-0.25, -0.2) is 4.79 Å². The summed E-state index contributed by atoms with van der Waals surface area (Å²) in [6.07, 6.45) is 1.52. The van der Waals surface area contributed by atoms with Crippen LogP contribution < -0.4 is 20.9 Å². The summed E-state index contributed by atoms with van der Waals surface area (Å²) in [6, 6.07) is 10.7. The molecule has 0 saturated heterocycles. The Morgan fingerprint density at radius 3 is 2.58 bits per heavy atom. The zero-order valence-corrected chi connectivity index (χ0v) is 22.0. The number of aliphatic carboxylic acids is 1. The third kappa shape index (κ3) is 5.78. The minimum absolute atomic E-state index is 0.0950. The number of anilines is 1. The predicted molar refractivity (Wildman–Crippen MR) is 144 cm³/mol. The summed E-state index contributed by atoms with van der Waals surface area (Å²) in [5.74, 6) is -0.819. The summed E-state index contributed by atoms with van der Waals surface area (Å²) in [4.78, 5) is 38.1. The average Bonchev–Trinajstić information content (AvgIpc) is 3.36. The quantitative estimate of drug-likeness (QED) is 0.309. The number of aromatic nitrogens is 1. The van der Waals surface area contributed by atoms with Crippen LogP contribution in [0.2, 0.25) is 5.02 Å². The number of benzene rings is 2. The van der Waals surface area contributed by atoms with Gasteiger partial charge in [-0.15, -0.1) is 0 Å². The molecule has 2 amide bonds. The number of aryl methyl sites for hydroxylation is 1. The van der Waals surface area contributed by atoms with Gasteiger partial charge in [0.05, 0.1) is 25.6 Å². The van der Waals surface area contributed by atoms with Crippen LogP contribution in [0.25, 0.3) is 0 Å². The van der Waals surface area contributed by atoms with E-state index in [2.05, 4.69) is 10.6 Å². The Balaban J connectivity index is 1.68. The highest BCUT2D eigenvalue weighted by Gasteiger charge is 2.27. The molecule has 0 fully saturated rings. The second kappa shape index (κ2) is 11.6. The molecular weight excluding hydrogens is 510 g/mol. The molecule has 1 aliphatic rings. The number of carboxylic acid groups (broad SMARTS) is 1. The lowest BCUT2D eigenvalue weighted by Gasteiger charge is -2.21. The fourth-order valence-corrected chi connectivity index (χ4v) is 4.97. The van der Waals surface area contributed by atoms with Crippen LogP contribution in [0.1, 0.15) is 53.8 Å². The van der Waals surface area contributed by atoms with Gasteiger partial charge in [-0.3, -0.25) is 9.59 Å². The number of rotatable bonds is 9. The summed E-state index contributed by atoms with van der Waals surface area (Å²) in [5.41, 5.74) is 2.62. The molecule has 9 nitrogen and oxygen atoms in total. The summed E-state index contributed by atoms with van der Waals surface area (Å²) in [5, 5.41) is 25.9. The molecule has 1 aromatic heterocycles. The molecule has 0 radical (unpaired) electrons. The van der Waals surface area contributed by atoms with Crippen molar-refractivity contribution in [2.24, 2.45) is 0 Å². The van der Waals surface area contributed by atoms with Gasteiger partial charge in [0.2, 0.25) is 0 Å². The molecule has 1 atom stereocenters. The highest BCUT2D eigenvalue weighted by molar-refractivity contribution is 6.31. The Kier molecular flexibility index (Phi) is 8.26. The van der Waals surface area contributed by atoms with Crippen molar-refractivity contribution < 1.29 is 24.5 Å². The van der Waals surface area contributed by atoms with Gasteiger partial charge in [-0.1, -0.05) is 47.5 Å². The van der Waals surface area contributed by atoms with Crippen molar-refractivity contribution >= 4 is 29.3 Å². The molecule has 38 heavy (non-hydrogen) atoms. The summed E-state index contributed by atoms with van der Waals surface area (Å²) in [7, 11) is 0.